The number of carbonyl (C=O) groups excluding carboxylic acids is 1. The number of halogens is 1. The van der Waals surface area contributed by atoms with Gasteiger partial charge in [-0.15, -0.1) is 0 Å². The van der Waals surface area contributed by atoms with E-state index in [1.807, 2.05) is 49.4 Å². The summed E-state index contributed by atoms with van der Waals surface area (Å²) in [6.07, 6.45) is 1.82. The van der Waals surface area contributed by atoms with E-state index in [2.05, 4.69) is 20.9 Å². The summed E-state index contributed by atoms with van der Waals surface area (Å²) < 4.78 is 12.4. The fourth-order valence-electron chi connectivity index (χ4n) is 3.45. The Bertz CT molecular complexity index is 1340. The van der Waals surface area contributed by atoms with Gasteiger partial charge in [-0.3, -0.25) is 9.69 Å². The molecule has 0 aromatic heterocycles. The topological polar surface area (TPSA) is 88.4 Å². The molecule has 7 nitrogen and oxygen atoms in total. The van der Waals surface area contributed by atoms with Crippen LogP contribution in [0, 0.1) is 0 Å². The number of carbonyl (C=O) groups is 2. The van der Waals surface area contributed by atoms with Crippen molar-refractivity contribution >= 4 is 56.5 Å². The van der Waals surface area contributed by atoms with Gasteiger partial charge < -0.3 is 14.6 Å². The van der Waals surface area contributed by atoms with Crippen molar-refractivity contribution < 1.29 is 24.2 Å². The summed E-state index contributed by atoms with van der Waals surface area (Å²) in [7, 11) is 1.55. The number of aromatic carboxylic acids is 1. The molecule has 0 aliphatic carbocycles. The number of thioether (sulfide) groups is 1. The molecule has 0 saturated carbocycles. The maximum Gasteiger partial charge on any atom is 0.335 e. The van der Waals surface area contributed by atoms with Crippen molar-refractivity contribution in [2.75, 3.05) is 13.7 Å². The van der Waals surface area contributed by atoms with Crippen molar-refractivity contribution in [2.24, 2.45) is 4.99 Å². The smallest absolute Gasteiger partial charge is 0.335 e. The first-order chi connectivity index (χ1) is 17.4. The number of benzene rings is 3. The Morgan fingerprint density at radius 2 is 1.81 bits per heavy atom. The summed E-state index contributed by atoms with van der Waals surface area (Å²) in [5.41, 5.74) is 2.62. The SMILES string of the molecule is CCN1C(=O)/C(=C/c2ccc(OCc3ccc(C(=O)O)cc3)c(OC)c2)SC1=Nc1ccc(Br)cc1. The Balaban J connectivity index is 1.51. The lowest BCUT2D eigenvalue weighted by atomic mass is 10.1. The molecular weight excluding hydrogens is 544 g/mol. The third-order valence-electron chi connectivity index (χ3n) is 5.34. The number of likely N-dealkylation sites (N-methyl/N-ethyl adjacent to an activating group) is 1. The lowest BCUT2D eigenvalue weighted by molar-refractivity contribution is -0.122. The lowest BCUT2D eigenvalue weighted by Gasteiger charge is -2.12. The van der Waals surface area contributed by atoms with E-state index < -0.39 is 5.97 Å². The van der Waals surface area contributed by atoms with Crippen molar-refractivity contribution in [3.05, 3.63) is 92.8 Å². The van der Waals surface area contributed by atoms with E-state index in [0.717, 1.165) is 21.3 Å². The molecule has 1 aliphatic heterocycles. The van der Waals surface area contributed by atoms with Crippen LogP contribution in [0.5, 0.6) is 11.5 Å². The van der Waals surface area contributed by atoms with Gasteiger partial charge in [0.25, 0.3) is 5.91 Å². The molecule has 4 rings (SSSR count). The molecule has 1 aliphatic rings. The van der Waals surface area contributed by atoms with Crippen LogP contribution in [-0.4, -0.2) is 40.7 Å². The molecule has 184 valence electrons. The highest BCUT2D eigenvalue weighted by Gasteiger charge is 2.32. The number of rotatable bonds is 8. The van der Waals surface area contributed by atoms with Crippen LogP contribution in [0.1, 0.15) is 28.4 Å². The minimum absolute atomic E-state index is 0.0949. The van der Waals surface area contributed by atoms with Crippen molar-refractivity contribution in [3.63, 3.8) is 0 Å². The fraction of sp³-hybridized carbons (Fsp3) is 0.148. The number of methoxy groups -OCH3 is 1. The molecule has 0 spiro atoms. The number of nitrogens with zero attached hydrogens (tertiary/aromatic N) is 2. The van der Waals surface area contributed by atoms with Gasteiger partial charge >= 0.3 is 5.97 Å². The highest BCUT2D eigenvalue weighted by atomic mass is 79.9. The van der Waals surface area contributed by atoms with Gasteiger partial charge in [-0.2, -0.15) is 0 Å². The average Bonchev–Trinajstić information content (AvgIpc) is 3.17. The molecule has 0 radical (unpaired) electrons. The highest BCUT2D eigenvalue weighted by molar-refractivity contribution is 9.10. The van der Waals surface area contributed by atoms with Crippen LogP contribution in [0.4, 0.5) is 5.69 Å². The van der Waals surface area contributed by atoms with Crippen LogP contribution in [-0.2, 0) is 11.4 Å². The number of hydrogen-bond acceptors (Lipinski definition) is 6. The van der Waals surface area contributed by atoms with Gasteiger partial charge in [0, 0.05) is 11.0 Å². The van der Waals surface area contributed by atoms with E-state index in [1.165, 1.54) is 23.9 Å². The second-order valence-corrected chi connectivity index (χ2v) is 9.66. The summed E-state index contributed by atoms with van der Waals surface area (Å²) >= 11 is 4.76. The molecular formula is C27H23BrN2O5S. The van der Waals surface area contributed by atoms with Crippen LogP contribution in [0.15, 0.2) is 81.1 Å². The summed E-state index contributed by atoms with van der Waals surface area (Å²) in [6, 6.07) is 19.6. The first-order valence-corrected chi connectivity index (χ1v) is 12.7. The van der Waals surface area contributed by atoms with Crippen LogP contribution < -0.4 is 9.47 Å². The lowest BCUT2D eigenvalue weighted by Crippen LogP contribution is -2.28. The minimum Gasteiger partial charge on any atom is -0.493 e. The van der Waals surface area contributed by atoms with E-state index in [4.69, 9.17) is 14.6 Å². The number of carboxylic acids is 1. The number of carboxylic acid groups (broad SMARTS) is 1. The van der Waals surface area contributed by atoms with Crippen molar-refractivity contribution in [1.29, 1.82) is 0 Å². The molecule has 0 bridgehead atoms. The second-order valence-electron chi connectivity index (χ2n) is 7.73. The molecule has 3 aromatic rings. The number of aliphatic imine (C=N–C) groups is 1. The number of amides is 1. The predicted molar refractivity (Wildman–Crippen MR) is 145 cm³/mol. The average molecular weight is 567 g/mol. The predicted octanol–water partition coefficient (Wildman–Crippen LogP) is 6.36. The van der Waals surface area contributed by atoms with Crippen molar-refractivity contribution in [3.8, 4) is 11.5 Å². The monoisotopic (exact) mass is 566 g/mol. The third kappa shape index (κ3) is 5.98. The summed E-state index contributed by atoms with van der Waals surface area (Å²) in [4.78, 5) is 30.9. The molecule has 0 atom stereocenters. The quantitative estimate of drug-likeness (QED) is 0.319. The van der Waals surface area contributed by atoms with E-state index in [9.17, 15) is 9.59 Å². The molecule has 36 heavy (non-hydrogen) atoms. The van der Waals surface area contributed by atoms with Crippen LogP contribution in [0.25, 0.3) is 6.08 Å². The van der Waals surface area contributed by atoms with Gasteiger partial charge in [0.1, 0.15) is 6.61 Å². The summed E-state index contributed by atoms with van der Waals surface area (Å²) in [6.45, 7) is 2.69. The fourth-order valence-corrected chi connectivity index (χ4v) is 4.77. The molecule has 1 fully saturated rings. The van der Waals surface area contributed by atoms with Gasteiger partial charge in [0.2, 0.25) is 0 Å². The van der Waals surface area contributed by atoms with Gasteiger partial charge in [-0.1, -0.05) is 34.1 Å². The molecule has 1 N–H and O–H groups in total. The van der Waals surface area contributed by atoms with Crippen LogP contribution >= 0.6 is 27.7 Å². The van der Waals surface area contributed by atoms with Gasteiger partial charge in [0.15, 0.2) is 16.7 Å². The molecule has 1 amide bonds. The maximum absolute atomic E-state index is 13.0. The Hall–Kier alpha value is -3.56. The van der Waals surface area contributed by atoms with Crippen molar-refractivity contribution in [1.82, 2.24) is 4.90 Å². The molecule has 1 heterocycles. The largest absolute Gasteiger partial charge is 0.493 e. The van der Waals surface area contributed by atoms with Crippen LogP contribution in [0.2, 0.25) is 0 Å². The normalized spacial score (nSPS) is 15.5. The van der Waals surface area contributed by atoms with E-state index in [-0.39, 0.29) is 18.1 Å². The number of hydrogen-bond donors (Lipinski definition) is 1. The Labute approximate surface area is 221 Å². The third-order valence-corrected chi connectivity index (χ3v) is 6.87. The Morgan fingerprint density at radius 3 is 2.44 bits per heavy atom. The molecule has 1 saturated heterocycles. The highest BCUT2D eigenvalue weighted by Crippen LogP contribution is 2.36. The molecule has 0 unspecified atom stereocenters. The Kier molecular flexibility index (Phi) is 8.12. The zero-order chi connectivity index (χ0) is 25.7. The van der Waals surface area contributed by atoms with Crippen molar-refractivity contribution in [2.45, 2.75) is 13.5 Å². The zero-order valence-electron chi connectivity index (χ0n) is 19.6. The maximum atomic E-state index is 13.0. The standard InChI is InChI=1S/C27H23BrN2O5S/c1-3-30-25(31)24(36-27(30)29-21-11-9-20(28)10-12-21)15-18-6-13-22(23(14-18)34-2)35-16-17-4-7-19(8-5-17)26(32)33/h4-15H,3,16H2,1-2H3,(H,32,33)/b24-15-,29-27?. The minimum atomic E-state index is -0.971. The van der Waals surface area contributed by atoms with Gasteiger partial charge in [-0.05, 0) is 84.4 Å². The van der Waals surface area contributed by atoms with E-state index in [1.54, 1.807) is 30.2 Å². The number of ether oxygens (including phenoxy) is 2. The zero-order valence-corrected chi connectivity index (χ0v) is 22.0. The van der Waals surface area contributed by atoms with Gasteiger partial charge in [0.05, 0.1) is 23.3 Å². The number of amidine groups is 1. The van der Waals surface area contributed by atoms with E-state index in [0.29, 0.717) is 28.1 Å². The second kappa shape index (κ2) is 11.5. The summed E-state index contributed by atoms with van der Waals surface area (Å²) in [5, 5.41) is 9.67. The Morgan fingerprint density at radius 1 is 1.08 bits per heavy atom. The molecule has 3 aromatic carbocycles. The molecule has 9 heteroatoms. The van der Waals surface area contributed by atoms with Gasteiger partial charge in [-0.25, -0.2) is 9.79 Å². The first-order valence-electron chi connectivity index (χ1n) is 11.1. The van der Waals surface area contributed by atoms with Crippen LogP contribution in [0.3, 0.4) is 0 Å². The first kappa shape index (κ1) is 25.5. The summed E-state index contributed by atoms with van der Waals surface area (Å²) in [5.74, 6) is 0.00192. The van der Waals surface area contributed by atoms with E-state index >= 15 is 0 Å².